The number of nitrogens with one attached hydrogen (secondary N) is 3. The highest BCUT2D eigenvalue weighted by atomic mass is 19.1. The van der Waals surface area contributed by atoms with Crippen molar-refractivity contribution in [3.63, 3.8) is 0 Å². The van der Waals surface area contributed by atoms with Crippen LogP contribution in [-0.4, -0.2) is 50.0 Å². The second kappa shape index (κ2) is 13.0. The number of aromatic amines is 1. The summed E-state index contributed by atoms with van der Waals surface area (Å²) in [5.41, 5.74) is 3.85. The molecular weight excluding hydrogens is 565 g/mol. The van der Waals surface area contributed by atoms with E-state index < -0.39 is 23.8 Å². The lowest BCUT2D eigenvalue weighted by Gasteiger charge is -2.27. The molecule has 0 bridgehead atoms. The number of hydrogen-bond donors (Lipinski definition) is 3. The lowest BCUT2D eigenvalue weighted by atomic mass is 9.88. The lowest BCUT2D eigenvalue weighted by Crippen LogP contribution is -2.50. The number of anilines is 1. The second-order valence-electron chi connectivity index (χ2n) is 11.7. The average molecular weight is 602 g/mol. The van der Waals surface area contributed by atoms with Crippen molar-refractivity contribution in [2.24, 2.45) is 17.8 Å². The largest absolute Gasteiger partial charge is 0.377 e. The predicted molar refractivity (Wildman–Crippen MR) is 159 cm³/mol. The zero-order valence-corrected chi connectivity index (χ0v) is 24.8. The summed E-state index contributed by atoms with van der Waals surface area (Å²) in [6.45, 7) is 4.56. The van der Waals surface area contributed by atoms with Gasteiger partial charge < -0.3 is 15.4 Å². The molecule has 0 spiro atoms. The molecule has 3 N–H and O–H groups in total. The number of H-pyrrole nitrogens is 1. The molecule has 0 saturated heterocycles. The molecular formula is C32H36FN7O4. The Labute approximate surface area is 254 Å². The summed E-state index contributed by atoms with van der Waals surface area (Å²) in [4.78, 5) is 31.2. The molecule has 1 atom stereocenters. The molecule has 2 amide bonds. The fourth-order valence-corrected chi connectivity index (χ4v) is 5.93. The number of amides is 2. The van der Waals surface area contributed by atoms with Crippen LogP contribution in [0.3, 0.4) is 0 Å². The number of hydrogen-bond acceptors (Lipinski definition) is 8. The van der Waals surface area contributed by atoms with Crippen molar-refractivity contribution < 1.29 is 23.3 Å². The molecule has 3 heterocycles. The minimum atomic E-state index is -0.843. The van der Waals surface area contributed by atoms with Crippen LogP contribution in [0, 0.1) is 37.5 Å². The quantitative estimate of drug-likeness (QED) is 0.136. The Hall–Kier alpha value is -4.45. The summed E-state index contributed by atoms with van der Waals surface area (Å²) >= 11 is 0. The van der Waals surface area contributed by atoms with Gasteiger partial charge in [-0.25, -0.2) is 9.61 Å². The molecule has 4 aromatic rings. The van der Waals surface area contributed by atoms with Gasteiger partial charge in [0.2, 0.25) is 11.9 Å². The summed E-state index contributed by atoms with van der Waals surface area (Å²) < 4.78 is 25.8. The monoisotopic (exact) mass is 601 g/mol. The molecule has 2 saturated carbocycles. The predicted octanol–water partition coefficient (Wildman–Crippen LogP) is 4.93. The molecule has 12 heteroatoms. The molecule has 3 aromatic heterocycles. The first-order valence-corrected chi connectivity index (χ1v) is 15.1. The van der Waals surface area contributed by atoms with Crippen molar-refractivity contribution in [2.75, 3.05) is 11.9 Å². The minimum absolute atomic E-state index is 0.0333. The maximum absolute atomic E-state index is 15.1. The van der Waals surface area contributed by atoms with Gasteiger partial charge in [-0.05, 0) is 93.0 Å². The van der Waals surface area contributed by atoms with Gasteiger partial charge in [0.05, 0.1) is 12.3 Å². The Morgan fingerprint density at radius 2 is 1.82 bits per heavy atom. The molecule has 0 radical (unpaired) electrons. The normalized spacial score (nSPS) is 15.4. The summed E-state index contributed by atoms with van der Waals surface area (Å²) in [5.74, 6) is -0.970. The molecule has 0 aliphatic heterocycles. The number of rotatable bonds is 14. The van der Waals surface area contributed by atoms with Gasteiger partial charge in [-0.15, -0.1) is 0 Å². The van der Waals surface area contributed by atoms with Crippen molar-refractivity contribution in [1.82, 2.24) is 30.8 Å². The number of pyridine rings is 1. The minimum Gasteiger partial charge on any atom is -0.377 e. The van der Waals surface area contributed by atoms with E-state index in [9.17, 15) is 9.59 Å². The van der Waals surface area contributed by atoms with Gasteiger partial charge in [0.1, 0.15) is 17.6 Å². The smallest absolute Gasteiger partial charge is 0.276 e. The van der Waals surface area contributed by atoms with Crippen LogP contribution in [0.25, 0.3) is 11.1 Å². The standard InChI is InChI=1S/C32H36FN7O4/c1-18-26(19(2)38-37-18)23-14-15-25(34-30(23)33)35-32(42)29(27(21-10-11-21)22-12-13-22)36-31(41)28-24(39-44-40-28)9-6-16-43-17-20-7-4-3-5-8-20/h3-5,7-8,14-15,21-22,27,29H,6,9-13,16-17H2,1-2H3,(H,36,41)(H,37,38)(H,34,35,42). The van der Waals surface area contributed by atoms with E-state index >= 15 is 4.39 Å². The van der Waals surface area contributed by atoms with E-state index in [-0.39, 0.29) is 17.4 Å². The Kier molecular flexibility index (Phi) is 8.78. The Morgan fingerprint density at radius 3 is 2.48 bits per heavy atom. The zero-order valence-electron chi connectivity index (χ0n) is 24.8. The van der Waals surface area contributed by atoms with Gasteiger partial charge in [-0.2, -0.15) is 9.49 Å². The van der Waals surface area contributed by atoms with Gasteiger partial charge in [0.25, 0.3) is 5.91 Å². The highest BCUT2D eigenvalue weighted by Gasteiger charge is 2.48. The third kappa shape index (κ3) is 6.85. The van der Waals surface area contributed by atoms with E-state index in [0.29, 0.717) is 60.4 Å². The SMILES string of the molecule is Cc1n[nH]c(C)c1-c1ccc(NC(=O)C(NC(=O)c2nonc2CCCOCc2ccccc2)C(C2CC2)C2CC2)nc1F. The molecule has 6 rings (SSSR count). The van der Waals surface area contributed by atoms with Crippen LogP contribution in [0.2, 0.25) is 0 Å². The van der Waals surface area contributed by atoms with Crippen molar-refractivity contribution in [1.29, 1.82) is 0 Å². The van der Waals surface area contributed by atoms with Crippen molar-refractivity contribution in [2.45, 2.75) is 65.0 Å². The number of ether oxygens (including phenoxy) is 1. The van der Waals surface area contributed by atoms with Crippen LogP contribution in [0.4, 0.5) is 10.2 Å². The van der Waals surface area contributed by atoms with Gasteiger partial charge in [0.15, 0.2) is 5.69 Å². The molecule has 44 heavy (non-hydrogen) atoms. The number of carbonyl (C=O) groups is 2. The molecule has 11 nitrogen and oxygen atoms in total. The summed E-state index contributed by atoms with van der Waals surface area (Å²) in [5, 5.41) is 20.5. The van der Waals surface area contributed by atoms with Crippen LogP contribution in [-0.2, 0) is 22.6 Å². The maximum Gasteiger partial charge on any atom is 0.276 e. The number of carbonyl (C=O) groups excluding carboxylic acids is 2. The van der Waals surface area contributed by atoms with E-state index in [1.807, 2.05) is 37.3 Å². The van der Waals surface area contributed by atoms with E-state index in [1.165, 1.54) is 0 Å². The van der Waals surface area contributed by atoms with Crippen LogP contribution < -0.4 is 10.6 Å². The number of benzene rings is 1. The zero-order chi connectivity index (χ0) is 30.6. The Morgan fingerprint density at radius 1 is 1.07 bits per heavy atom. The Balaban J connectivity index is 1.12. The first-order valence-electron chi connectivity index (χ1n) is 15.1. The van der Waals surface area contributed by atoms with Gasteiger partial charge >= 0.3 is 0 Å². The first-order chi connectivity index (χ1) is 21.4. The number of aromatic nitrogens is 5. The third-order valence-corrected chi connectivity index (χ3v) is 8.37. The van der Waals surface area contributed by atoms with E-state index in [4.69, 9.17) is 9.37 Å². The number of nitrogens with zero attached hydrogens (tertiary/aromatic N) is 4. The second-order valence-corrected chi connectivity index (χ2v) is 11.7. The lowest BCUT2D eigenvalue weighted by molar-refractivity contribution is -0.119. The van der Waals surface area contributed by atoms with Gasteiger partial charge in [-0.1, -0.05) is 35.5 Å². The van der Waals surface area contributed by atoms with Crippen LogP contribution in [0.15, 0.2) is 47.1 Å². The first kappa shape index (κ1) is 29.6. The van der Waals surface area contributed by atoms with Crippen LogP contribution >= 0.6 is 0 Å². The summed E-state index contributed by atoms with van der Waals surface area (Å²) in [6, 6.07) is 12.2. The number of halogens is 1. The highest BCUT2D eigenvalue weighted by molar-refractivity contribution is 6.00. The van der Waals surface area contributed by atoms with Crippen LogP contribution in [0.1, 0.15) is 65.2 Å². The van der Waals surface area contributed by atoms with E-state index in [0.717, 1.165) is 36.9 Å². The maximum atomic E-state index is 15.1. The summed E-state index contributed by atoms with van der Waals surface area (Å²) in [7, 11) is 0. The molecule has 2 fully saturated rings. The van der Waals surface area contributed by atoms with Crippen molar-refractivity contribution >= 4 is 17.6 Å². The van der Waals surface area contributed by atoms with E-state index in [2.05, 4.69) is 36.1 Å². The summed E-state index contributed by atoms with van der Waals surface area (Å²) in [6.07, 6.45) is 5.06. The van der Waals surface area contributed by atoms with Gasteiger partial charge in [0, 0.05) is 23.4 Å². The average Bonchev–Trinajstić information content (AvgIpc) is 3.95. The number of aryl methyl sites for hydroxylation is 3. The molecule has 1 aromatic carbocycles. The highest BCUT2D eigenvalue weighted by Crippen LogP contribution is 2.51. The fraction of sp³-hybridized carbons (Fsp3) is 0.438. The third-order valence-electron chi connectivity index (χ3n) is 8.37. The van der Waals surface area contributed by atoms with Gasteiger partial charge in [-0.3, -0.25) is 14.7 Å². The Bertz CT molecular complexity index is 1580. The molecule has 230 valence electrons. The topological polar surface area (TPSA) is 148 Å². The molecule has 2 aliphatic rings. The van der Waals surface area contributed by atoms with Crippen molar-refractivity contribution in [3.05, 3.63) is 76.8 Å². The van der Waals surface area contributed by atoms with E-state index in [1.54, 1.807) is 19.1 Å². The van der Waals surface area contributed by atoms with Crippen LogP contribution in [0.5, 0.6) is 0 Å². The fourth-order valence-electron chi connectivity index (χ4n) is 5.93. The van der Waals surface area contributed by atoms with Crippen molar-refractivity contribution in [3.8, 4) is 11.1 Å². The molecule has 1 unspecified atom stereocenters. The molecule has 2 aliphatic carbocycles.